The molecule has 90 valence electrons. The SMILES string of the molecule is Cc1cc(C(=O)c2ccc3c(c2)CCO3)ccn1. The highest BCUT2D eigenvalue weighted by Gasteiger charge is 2.16. The van der Waals surface area contributed by atoms with Crippen LogP contribution in [0.2, 0.25) is 0 Å². The van der Waals surface area contributed by atoms with Gasteiger partial charge in [0.2, 0.25) is 0 Å². The Morgan fingerprint density at radius 2 is 2.06 bits per heavy atom. The molecule has 1 aromatic heterocycles. The minimum Gasteiger partial charge on any atom is -0.493 e. The molecule has 3 heteroatoms. The molecule has 0 saturated heterocycles. The van der Waals surface area contributed by atoms with Gasteiger partial charge < -0.3 is 4.74 Å². The fraction of sp³-hybridized carbons (Fsp3) is 0.200. The normalized spacial score (nSPS) is 12.9. The van der Waals surface area contributed by atoms with Crippen molar-refractivity contribution in [3.63, 3.8) is 0 Å². The van der Waals surface area contributed by atoms with Crippen LogP contribution >= 0.6 is 0 Å². The second-order valence-electron chi connectivity index (χ2n) is 4.44. The Kier molecular flexibility index (Phi) is 2.59. The molecule has 1 aromatic carbocycles. The summed E-state index contributed by atoms with van der Waals surface area (Å²) in [7, 11) is 0. The molecule has 0 atom stereocenters. The van der Waals surface area contributed by atoms with Crippen molar-refractivity contribution in [2.75, 3.05) is 6.61 Å². The summed E-state index contributed by atoms with van der Waals surface area (Å²) < 4.78 is 5.44. The van der Waals surface area contributed by atoms with Gasteiger partial charge in [-0.15, -0.1) is 0 Å². The van der Waals surface area contributed by atoms with Crippen LogP contribution in [0.3, 0.4) is 0 Å². The van der Waals surface area contributed by atoms with Crippen LogP contribution in [0.5, 0.6) is 5.75 Å². The summed E-state index contributed by atoms with van der Waals surface area (Å²) in [6.07, 6.45) is 2.55. The van der Waals surface area contributed by atoms with Gasteiger partial charge in [0.15, 0.2) is 5.78 Å². The summed E-state index contributed by atoms with van der Waals surface area (Å²) in [6.45, 7) is 2.59. The molecule has 0 N–H and O–H groups in total. The number of aromatic nitrogens is 1. The van der Waals surface area contributed by atoms with Gasteiger partial charge in [0, 0.05) is 29.4 Å². The predicted molar refractivity (Wildman–Crippen MR) is 68.0 cm³/mol. The smallest absolute Gasteiger partial charge is 0.193 e. The van der Waals surface area contributed by atoms with E-state index >= 15 is 0 Å². The second-order valence-corrected chi connectivity index (χ2v) is 4.44. The van der Waals surface area contributed by atoms with Gasteiger partial charge in [0.1, 0.15) is 5.75 Å². The molecule has 1 aliphatic heterocycles. The Morgan fingerprint density at radius 3 is 2.89 bits per heavy atom. The van der Waals surface area contributed by atoms with E-state index in [0.29, 0.717) is 17.7 Å². The Labute approximate surface area is 105 Å². The van der Waals surface area contributed by atoms with Gasteiger partial charge >= 0.3 is 0 Å². The van der Waals surface area contributed by atoms with Crippen LogP contribution in [0.4, 0.5) is 0 Å². The lowest BCUT2D eigenvalue weighted by molar-refractivity contribution is 0.103. The largest absolute Gasteiger partial charge is 0.493 e. The van der Waals surface area contributed by atoms with Crippen molar-refractivity contribution in [3.05, 3.63) is 58.9 Å². The molecule has 0 amide bonds. The molecule has 3 rings (SSSR count). The maximum Gasteiger partial charge on any atom is 0.193 e. The van der Waals surface area contributed by atoms with Crippen molar-refractivity contribution in [1.82, 2.24) is 4.98 Å². The van der Waals surface area contributed by atoms with E-state index in [9.17, 15) is 4.79 Å². The average molecular weight is 239 g/mol. The standard InChI is InChI=1S/C15H13NO2/c1-10-8-13(4-6-16-10)15(17)12-2-3-14-11(9-12)5-7-18-14/h2-4,6,8-9H,5,7H2,1H3. The number of hydrogen-bond donors (Lipinski definition) is 0. The lowest BCUT2D eigenvalue weighted by atomic mass is 10.0. The van der Waals surface area contributed by atoms with Crippen molar-refractivity contribution in [2.24, 2.45) is 0 Å². The summed E-state index contributed by atoms with van der Waals surface area (Å²) in [4.78, 5) is 16.4. The summed E-state index contributed by atoms with van der Waals surface area (Å²) in [5.41, 5.74) is 3.36. The van der Waals surface area contributed by atoms with Gasteiger partial charge in [-0.2, -0.15) is 0 Å². The number of ether oxygens (including phenoxy) is 1. The topological polar surface area (TPSA) is 39.2 Å². The molecule has 0 aliphatic carbocycles. The van der Waals surface area contributed by atoms with E-state index < -0.39 is 0 Å². The highest BCUT2D eigenvalue weighted by molar-refractivity contribution is 6.09. The number of fused-ring (bicyclic) bond motifs is 1. The predicted octanol–water partition coefficient (Wildman–Crippen LogP) is 2.56. The minimum absolute atomic E-state index is 0.0372. The summed E-state index contributed by atoms with van der Waals surface area (Å²) in [5.74, 6) is 0.938. The molecule has 0 saturated carbocycles. The zero-order chi connectivity index (χ0) is 12.5. The van der Waals surface area contributed by atoms with Gasteiger partial charge in [-0.25, -0.2) is 0 Å². The number of benzene rings is 1. The first-order valence-corrected chi connectivity index (χ1v) is 5.97. The monoisotopic (exact) mass is 239 g/mol. The molecule has 0 unspecified atom stereocenters. The molecule has 1 aliphatic rings. The highest BCUT2D eigenvalue weighted by atomic mass is 16.5. The molecular weight excluding hydrogens is 226 g/mol. The molecule has 2 heterocycles. The number of nitrogens with zero attached hydrogens (tertiary/aromatic N) is 1. The molecule has 0 bridgehead atoms. The van der Waals surface area contributed by atoms with E-state index in [2.05, 4.69) is 4.98 Å². The highest BCUT2D eigenvalue weighted by Crippen LogP contribution is 2.26. The van der Waals surface area contributed by atoms with Crippen LogP contribution in [-0.4, -0.2) is 17.4 Å². The first-order valence-electron chi connectivity index (χ1n) is 5.97. The van der Waals surface area contributed by atoms with Crippen LogP contribution < -0.4 is 4.74 Å². The molecule has 0 radical (unpaired) electrons. The van der Waals surface area contributed by atoms with Crippen molar-refractivity contribution in [1.29, 1.82) is 0 Å². The van der Waals surface area contributed by atoms with Gasteiger partial charge in [0.05, 0.1) is 6.61 Å². The number of rotatable bonds is 2. The van der Waals surface area contributed by atoms with Crippen molar-refractivity contribution in [2.45, 2.75) is 13.3 Å². The van der Waals surface area contributed by atoms with E-state index in [1.807, 2.05) is 31.2 Å². The fourth-order valence-corrected chi connectivity index (χ4v) is 2.18. The zero-order valence-corrected chi connectivity index (χ0v) is 10.1. The first kappa shape index (κ1) is 11.0. The number of aryl methyl sites for hydroxylation is 1. The third-order valence-electron chi connectivity index (χ3n) is 3.11. The molecule has 3 nitrogen and oxygen atoms in total. The fourth-order valence-electron chi connectivity index (χ4n) is 2.18. The van der Waals surface area contributed by atoms with Gasteiger partial charge in [-0.3, -0.25) is 9.78 Å². The maximum absolute atomic E-state index is 12.3. The number of pyridine rings is 1. The molecule has 0 spiro atoms. The summed E-state index contributed by atoms with van der Waals surface area (Å²) >= 11 is 0. The van der Waals surface area contributed by atoms with E-state index in [1.165, 1.54) is 0 Å². The van der Waals surface area contributed by atoms with Crippen LogP contribution in [0, 0.1) is 6.92 Å². The second kappa shape index (κ2) is 4.26. The van der Waals surface area contributed by atoms with Crippen molar-refractivity contribution < 1.29 is 9.53 Å². The Hall–Kier alpha value is -2.16. The van der Waals surface area contributed by atoms with Crippen molar-refractivity contribution in [3.8, 4) is 5.75 Å². The number of carbonyl (C=O) groups is 1. The van der Waals surface area contributed by atoms with E-state index in [1.54, 1.807) is 12.3 Å². The van der Waals surface area contributed by atoms with Crippen LogP contribution in [0.15, 0.2) is 36.5 Å². The van der Waals surface area contributed by atoms with E-state index in [4.69, 9.17) is 4.74 Å². The zero-order valence-electron chi connectivity index (χ0n) is 10.1. The van der Waals surface area contributed by atoms with E-state index in [-0.39, 0.29) is 5.78 Å². The quantitative estimate of drug-likeness (QED) is 0.756. The van der Waals surface area contributed by atoms with Gasteiger partial charge in [0.25, 0.3) is 0 Å². The van der Waals surface area contributed by atoms with Crippen LogP contribution in [0.25, 0.3) is 0 Å². The summed E-state index contributed by atoms with van der Waals surface area (Å²) in [6, 6.07) is 9.19. The Morgan fingerprint density at radius 1 is 1.22 bits per heavy atom. The van der Waals surface area contributed by atoms with Gasteiger partial charge in [-0.05, 0) is 42.8 Å². The minimum atomic E-state index is 0.0372. The van der Waals surface area contributed by atoms with Crippen LogP contribution in [0.1, 0.15) is 27.2 Å². The lowest BCUT2D eigenvalue weighted by Crippen LogP contribution is -2.02. The number of carbonyl (C=O) groups excluding carboxylic acids is 1. The van der Waals surface area contributed by atoms with Crippen molar-refractivity contribution >= 4 is 5.78 Å². The molecule has 0 fully saturated rings. The number of hydrogen-bond acceptors (Lipinski definition) is 3. The number of ketones is 1. The Balaban J connectivity index is 1.98. The molecular formula is C15H13NO2. The molecule has 18 heavy (non-hydrogen) atoms. The van der Waals surface area contributed by atoms with E-state index in [0.717, 1.165) is 23.4 Å². The molecule has 2 aromatic rings. The first-order chi connectivity index (χ1) is 8.74. The summed E-state index contributed by atoms with van der Waals surface area (Å²) in [5, 5.41) is 0. The lowest BCUT2D eigenvalue weighted by Gasteiger charge is -2.04. The Bertz CT molecular complexity index is 620. The third-order valence-corrected chi connectivity index (χ3v) is 3.11. The maximum atomic E-state index is 12.3. The van der Waals surface area contributed by atoms with Crippen LogP contribution in [-0.2, 0) is 6.42 Å². The van der Waals surface area contributed by atoms with Gasteiger partial charge in [-0.1, -0.05) is 0 Å². The third kappa shape index (κ3) is 1.88. The average Bonchev–Trinajstić information content (AvgIpc) is 2.85.